The topological polar surface area (TPSA) is 43.2 Å². The summed E-state index contributed by atoms with van der Waals surface area (Å²) in [4.78, 5) is 10.2. The van der Waals surface area contributed by atoms with Gasteiger partial charge in [0.25, 0.3) is 0 Å². The summed E-state index contributed by atoms with van der Waals surface area (Å²) in [6.45, 7) is 7.28. The highest BCUT2D eigenvalue weighted by Gasteiger charge is 2.59. The predicted octanol–water partition coefficient (Wildman–Crippen LogP) is 5.59. The maximum absolute atomic E-state index is 5.12. The molecule has 0 radical (unpaired) electrons. The lowest BCUT2D eigenvalue weighted by Gasteiger charge is -2.58. The van der Waals surface area contributed by atoms with E-state index in [1.165, 1.54) is 50.7 Å². The third kappa shape index (κ3) is 2.86. The number of fused-ring (bicyclic) bond motifs is 5. The van der Waals surface area contributed by atoms with Gasteiger partial charge in [-0.2, -0.15) is 0 Å². The van der Waals surface area contributed by atoms with Gasteiger partial charge in [-0.05, 0) is 93.0 Å². The lowest BCUT2D eigenvalue weighted by molar-refractivity contribution is -0.0411. The second-order valence-electron chi connectivity index (χ2n) is 9.86. The van der Waals surface area contributed by atoms with E-state index in [1.54, 1.807) is 19.8 Å². The zero-order chi connectivity index (χ0) is 19.2. The van der Waals surface area contributed by atoms with Gasteiger partial charge in [-0.25, -0.2) is 0 Å². The van der Waals surface area contributed by atoms with Crippen LogP contribution in [0.15, 0.2) is 22.0 Å². The number of oxime groups is 2. The summed E-state index contributed by atoms with van der Waals surface area (Å²) in [6, 6.07) is 0. The van der Waals surface area contributed by atoms with Crippen LogP contribution in [0.3, 0.4) is 0 Å². The first-order valence-corrected chi connectivity index (χ1v) is 10.8. The van der Waals surface area contributed by atoms with E-state index < -0.39 is 0 Å². The van der Waals surface area contributed by atoms with E-state index in [4.69, 9.17) is 9.68 Å². The molecule has 4 nitrogen and oxygen atoms in total. The highest BCUT2D eigenvalue weighted by Crippen LogP contribution is 2.66. The minimum absolute atomic E-state index is 0.366. The van der Waals surface area contributed by atoms with Crippen molar-refractivity contribution in [2.75, 3.05) is 14.2 Å². The highest BCUT2D eigenvalue weighted by molar-refractivity contribution is 5.96. The van der Waals surface area contributed by atoms with Crippen molar-refractivity contribution in [1.82, 2.24) is 0 Å². The van der Waals surface area contributed by atoms with Gasteiger partial charge in [0.05, 0.1) is 11.4 Å². The zero-order valence-electron chi connectivity index (χ0n) is 17.8. The van der Waals surface area contributed by atoms with Gasteiger partial charge in [0, 0.05) is 5.92 Å². The molecule has 0 aromatic carbocycles. The lowest BCUT2D eigenvalue weighted by Crippen LogP contribution is -2.51. The van der Waals surface area contributed by atoms with Gasteiger partial charge in [-0.3, -0.25) is 0 Å². The molecule has 6 atom stereocenters. The minimum atomic E-state index is 0.366. The van der Waals surface area contributed by atoms with Gasteiger partial charge in [-0.15, -0.1) is 0 Å². The maximum Gasteiger partial charge on any atom is 0.106 e. The van der Waals surface area contributed by atoms with Crippen LogP contribution < -0.4 is 0 Å². The molecule has 3 saturated carbocycles. The monoisotopic (exact) mass is 372 g/mol. The van der Waals surface area contributed by atoms with Crippen LogP contribution in [0.4, 0.5) is 0 Å². The summed E-state index contributed by atoms with van der Waals surface area (Å²) in [5.74, 6) is 3.14. The molecule has 0 unspecified atom stereocenters. The fourth-order valence-electron chi connectivity index (χ4n) is 7.65. The molecular formula is C23H36N2O2. The molecule has 0 saturated heterocycles. The molecule has 150 valence electrons. The Balaban J connectivity index is 1.61. The summed E-state index contributed by atoms with van der Waals surface area (Å²) in [5, 5.41) is 8.57. The van der Waals surface area contributed by atoms with E-state index in [9.17, 15) is 0 Å². The number of nitrogens with zero attached hydrogens (tertiary/aromatic N) is 2. The van der Waals surface area contributed by atoms with Crippen LogP contribution in [-0.2, 0) is 9.68 Å². The quantitative estimate of drug-likeness (QED) is 0.479. The molecule has 0 N–H and O–H groups in total. The van der Waals surface area contributed by atoms with Crippen molar-refractivity contribution in [2.45, 2.75) is 72.1 Å². The third-order valence-corrected chi connectivity index (χ3v) is 8.93. The summed E-state index contributed by atoms with van der Waals surface area (Å²) in [5.41, 5.74) is 4.76. The Morgan fingerprint density at radius 2 is 1.81 bits per heavy atom. The molecule has 0 aromatic heterocycles. The number of hydrogen-bond acceptors (Lipinski definition) is 4. The molecule has 0 aromatic rings. The molecule has 3 fully saturated rings. The van der Waals surface area contributed by atoms with Crippen LogP contribution in [0.25, 0.3) is 0 Å². The van der Waals surface area contributed by atoms with Crippen molar-refractivity contribution < 1.29 is 9.68 Å². The Labute approximate surface area is 164 Å². The van der Waals surface area contributed by atoms with Gasteiger partial charge < -0.3 is 9.68 Å². The lowest BCUT2D eigenvalue weighted by atomic mass is 9.46. The van der Waals surface area contributed by atoms with E-state index in [0.717, 1.165) is 29.9 Å². The molecule has 4 heteroatoms. The largest absolute Gasteiger partial charge is 0.399 e. The van der Waals surface area contributed by atoms with Gasteiger partial charge in [0.15, 0.2) is 0 Å². The number of hydrogen-bond donors (Lipinski definition) is 0. The Morgan fingerprint density at radius 1 is 1.00 bits per heavy atom. The van der Waals surface area contributed by atoms with Crippen molar-refractivity contribution in [3.8, 4) is 0 Å². The average molecular weight is 373 g/mol. The highest BCUT2D eigenvalue weighted by atomic mass is 16.6. The predicted molar refractivity (Wildman–Crippen MR) is 110 cm³/mol. The zero-order valence-corrected chi connectivity index (χ0v) is 17.8. The normalized spacial score (nSPS) is 45.6. The standard InChI is InChI=1S/C23H36N2O2/c1-15(24-26-4)19-8-9-20-18-7-6-16-14-17(25-27-5)10-12-22(16,2)21(18)11-13-23(19,20)3/h14,18-21H,6-13H2,1-5H3/t18-,19+,20-,21-,22-,23+/m0/s1. The van der Waals surface area contributed by atoms with Crippen LogP contribution in [-0.4, -0.2) is 25.6 Å². The van der Waals surface area contributed by atoms with Crippen LogP contribution in [0.5, 0.6) is 0 Å². The molecule has 0 bridgehead atoms. The van der Waals surface area contributed by atoms with Crippen LogP contribution in [0, 0.1) is 34.5 Å². The first kappa shape index (κ1) is 19.0. The van der Waals surface area contributed by atoms with Crippen LogP contribution in [0.1, 0.15) is 72.1 Å². The molecule has 0 amide bonds. The first-order valence-electron chi connectivity index (χ1n) is 10.8. The van der Waals surface area contributed by atoms with Crippen molar-refractivity contribution >= 4 is 11.4 Å². The van der Waals surface area contributed by atoms with Crippen molar-refractivity contribution in [3.05, 3.63) is 11.6 Å². The van der Waals surface area contributed by atoms with Gasteiger partial charge in [-0.1, -0.05) is 29.7 Å². The Bertz CT molecular complexity index is 682. The number of rotatable bonds is 3. The molecular weight excluding hydrogens is 336 g/mol. The Morgan fingerprint density at radius 3 is 2.56 bits per heavy atom. The smallest absolute Gasteiger partial charge is 0.106 e. The molecule has 0 aliphatic heterocycles. The summed E-state index contributed by atoms with van der Waals surface area (Å²) >= 11 is 0. The molecule has 4 rings (SSSR count). The van der Waals surface area contributed by atoms with Crippen molar-refractivity contribution in [1.29, 1.82) is 0 Å². The van der Waals surface area contributed by atoms with E-state index in [2.05, 4.69) is 37.2 Å². The Kier molecular flexibility index (Phi) is 4.88. The van der Waals surface area contributed by atoms with E-state index in [1.807, 2.05) is 0 Å². The van der Waals surface area contributed by atoms with E-state index in [-0.39, 0.29) is 0 Å². The molecule has 0 heterocycles. The van der Waals surface area contributed by atoms with Gasteiger partial charge in [0.2, 0.25) is 0 Å². The number of allylic oxidation sites excluding steroid dienone is 2. The summed E-state index contributed by atoms with van der Waals surface area (Å²) < 4.78 is 0. The van der Waals surface area contributed by atoms with Crippen LogP contribution >= 0.6 is 0 Å². The fraction of sp³-hybridized carbons (Fsp3) is 0.826. The molecule has 0 spiro atoms. The fourth-order valence-corrected chi connectivity index (χ4v) is 7.65. The molecule has 4 aliphatic rings. The van der Waals surface area contributed by atoms with Crippen LogP contribution in [0.2, 0.25) is 0 Å². The van der Waals surface area contributed by atoms with E-state index >= 15 is 0 Å². The van der Waals surface area contributed by atoms with Crippen molar-refractivity contribution in [2.24, 2.45) is 44.8 Å². The third-order valence-electron chi connectivity index (χ3n) is 8.93. The second-order valence-corrected chi connectivity index (χ2v) is 9.86. The molecule has 27 heavy (non-hydrogen) atoms. The van der Waals surface area contributed by atoms with Gasteiger partial charge in [0.1, 0.15) is 14.2 Å². The van der Waals surface area contributed by atoms with Gasteiger partial charge >= 0.3 is 0 Å². The summed E-state index contributed by atoms with van der Waals surface area (Å²) in [6.07, 6.45) is 12.6. The SMILES string of the molecule is CON=C1C=C2CC[C@H]3[C@@H]4CC[C@H](C(C)=NOC)[C@@]4(C)CC[C@@H]3[C@@]2(C)CC1. The Hall–Kier alpha value is -1.32. The first-order chi connectivity index (χ1) is 12.9. The molecule has 4 aliphatic carbocycles. The maximum atomic E-state index is 5.12. The summed E-state index contributed by atoms with van der Waals surface area (Å²) in [7, 11) is 3.33. The average Bonchev–Trinajstić information content (AvgIpc) is 3.00. The minimum Gasteiger partial charge on any atom is -0.399 e. The van der Waals surface area contributed by atoms with Crippen molar-refractivity contribution in [3.63, 3.8) is 0 Å². The van der Waals surface area contributed by atoms with E-state index in [0.29, 0.717) is 16.7 Å². The second kappa shape index (κ2) is 6.93.